The third-order valence-electron chi connectivity index (χ3n) is 2.70. The highest BCUT2D eigenvalue weighted by molar-refractivity contribution is 6.21. The van der Waals surface area contributed by atoms with Crippen LogP contribution in [0.4, 0.5) is 4.79 Å². The number of hydrogen-bond acceptors (Lipinski definition) is 3. The van der Waals surface area contributed by atoms with Crippen LogP contribution in [0.2, 0.25) is 0 Å². The predicted molar refractivity (Wildman–Crippen MR) is 58.3 cm³/mol. The first-order chi connectivity index (χ1) is 7.22. The Labute approximate surface area is 93.9 Å². The maximum absolute atomic E-state index is 10.9. The van der Waals surface area contributed by atoms with Crippen molar-refractivity contribution in [2.75, 3.05) is 0 Å². The van der Waals surface area contributed by atoms with Gasteiger partial charge in [-0.2, -0.15) is 5.43 Å². The van der Waals surface area contributed by atoms with Crippen LogP contribution < -0.4 is 10.7 Å². The van der Waals surface area contributed by atoms with E-state index in [1.54, 1.807) is 5.43 Å². The van der Waals surface area contributed by atoms with E-state index in [4.69, 9.17) is 11.6 Å². The summed E-state index contributed by atoms with van der Waals surface area (Å²) in [6.07, 6.45) is 6.91. The van der Waals surface area contributed by atoms with Crippen LogP contribution in [0, 0.1) is 10.8 Å². The SMILES string of the molecule is O=NNC(=O)NC(Cl)CC1CCCCC1. The molecule has 0 aromatic heterocycles. The molecule has 86 valence electrons. The van der Waals surface area contributed by atoms with Crippen molar-refractivity contribution in [3.8, 4) is 0 Å². The quantitative estimate of drug-likeness (QED) is 0.339. The minimum absolute atomic E-state index is 0.421. The molecule has 5 nitrogen and oxygen atoms in total. The summed E-state index contributed by atoms with van der Waals surface area (Å²) in [5.74, 6) is 0.589. The zero-order chi connectivity index (χ0) is 11.1. The number of urea groups is 1. The first-order valence-corrected chi connectivity index (χ1v) is 5.69. The first kappa shape index (κ1) is 12.2. The molecule has 2 N–H and O–H groups in total. The summed E-state index contributed by atoms with van der Waals surface area (Å²) in [4.78, 5) is 20.6. The molecular formula is C9H16ClN3O2. The Bertz CT molecular complexity index is 219. The molecule has 1 fully saturated rings. The number of nitroso groups, excluding NO2 is 1. The number of rotatable bonds is 4. The fourth-order valence-electron chi connectivity index (χ4n) is 1.99. The Kier molecular flexibility index (Phi) is 5.39. The number of hydrogen-bond donors (Lipinski definition) is 2. The van der Waals surface area contributed by atoms with Crippen LogP contribution in [0.3, 0.4) is 0 Å². The fraction of sp³-hybridized carbons (Fsp3) is 0.889. The van der Waals surface area contributed by atoms with E-state index in [1.165, 1.54) is 32.1 Å². The number of halogens is 1. The van der Waals surface area contributed by atoms with Crippen LogP contribution in [0.15, 0.2) is 5.29 Å². The summed E-state index contributed by atoms with van der Waals surface area (Å²) in [5, 5.41) is 4.71. The van der Waals surface area contributed by atoms with E-state index in [0.29, 0.717) is 5.92 Å². The average Bonchev–Trinajstić information content (AvgIpc) is 2.19. The molecule has 1 aliphatic rings. The van der Waals surface area contributed by atoms with Gasteiger partial charge in [-0.1, -0.05) is 43.7 Å². The molecule has 0 aliphatic heterocycles. The zero-order valence-corrected chi connectivity index (χ0v) is 9.29. The molecule has 2 amide bonds. The van der Waals surface area contributed by atoms with Gasteiger partial charge in [0.1, 0.15) is 5.50 Å². The Morgan fingerprint density at radius 3 is 2.67 bits per heavy atom. The standard InChI is InChI=1S/C9H16ClN3O2/c10-8(11-9(14)12-13-15)6-7-4-2-1-3-5-7/h7-8H,1-6H2,(H2,11,12,14,15). The predicted octanol–water partition coefficient (Wildman–Crippen LogP) is 2.50. The summed E-state index contributed by atoms with van der Waals surface area (Å²) in [6.45, 7) is 0. The molecule has 1 aliphatic carbocycles. The number of amides is 2. The molecule has 1 unspecified atom stereocenters. The highest BCUT2D eigenvalue weighted by Crippen LogP contribution is 2.27. The average molecular weight is 234 g/mol. The van der Waals surface area contributed by atoms with E-state index in [-0.39, 0.29) is 0 Å². The topological polar surface area (TPSA) is 70.6 Å². The van der Waals surface area contributed by atoms with Crippen LogP contribution in [0.25, 0.3) is 0 Å². The number of nitrogens with one attached hydrogen (secondary N) is 2. The summed E-state index contributed by atoms with van der Waals surface area (Å²) >= 11 is 5.93. The van der Waals surface area contributed by atoms with Crippen molar-refractivity contribution in [1.29, 1.82) is 0 Å². The lowest BCUT2D eigenvalue weighted by Crippen LogP contribution is -2.38. The number of carbonyl (C=O) groups excluding carboxylic acids is 1. The molecule has 0 spiro atoms. The summed E-state index contributed by atoms with van der Waals surface area (Å²) in [6, 6.07) is -0.638. The molecule has 0 saturated heterocycles. The van der Waals surface area contributed by atoms with E-state index in [2.05, 4.69) is 10.6 Å². The van der Waals surface area contributed by atoms with Crippen LogP contribution in [0.1, 0.15) is 38.5 Å². The summed E-state index contributed by atoms with van der Waals surface area (Å²) in [7, 11) is 0. The third-order valence-corrected chi connectivity index (χ3v) is 2.99. The maximum Gasteiger partial charge on any atom is 0.338 e. The Morgan fingerprint density at radius 2 is 2.07 bits per heavy atom. The molecule has 0 aromatic rings. The minimum atomic E-state index is -0.638. The lowest BCUT2D eigenvalue weighted by atomic mass is 9.87. The lowest BCUT2D eigenvalue weighted by Gasteiger charge is -2.23. The van der Waals surface area contributed by atoms with Crippen LogP contribution in [0.5, 0.6) is 0 Å². The molecule has 0 heterocycles. The van der Waals surface area contributed by atoms with Crippen LogP contribution in [-0.4, -0.2) is 11.5 Å². The van der Waals surface area contributed by atoms with Gasteiger partial charge in [-0.3, -0.25) is 0 Å². The van der Waals surface area contributed by atoms with Gasteiger partial charge in [-0.25, -0.2) is 4.79 Å². The van der Waals surface area contributed by atoms with Gasteiger partial charge in [0.2, 0.25) is 0 Å². The van der Waals surface area contributed by atoms with E-state index in [1.807, 2.05) is 0 Å². The van der Waals surface area contributed by atoms with Crippen LogP contribution >= 0.6 is 11.6 Å². The van der Waals surface area contributed by atoms with Gasteiger partial charge >= 0.3 is 6.03 Å². The van der Waals surface area contributed by atoms with Gasteiger partial charge in [-0.15, -0.1) is 4.91 Å². The van der Waals surface area contributed by atoms with Crippen molar-refractivity contribution in [2.24, 2.45) is 11.2 Å². The Balaban J connectivity index is 2.18. The minimum Gasteiger partial charge on any atom is -0.320 e. The van der Waals surface area contributed by atoms with E-state index in [9.17, 15) is 9.70 Å². The van der Waals surface area contributed by atoms with Crippen molar-refractivity contribution >= 4 is 17.6 Å². The summed E-state index contributed by atoms with van der Waals surface area (Å²) in [5.41, 5.74) is 1.33. The Hall–Kier alpha value is -0.840. The van der Waals surface area contributed by atoms with E-state index < -0.39 is 11.5 Å². The van der Waals surface area contributed by atoms with Gasteiger partial charge in [0.05, 0.1) is 5.29 Å². The second kappa shape index (κ2) is 6.61. The molecule has 0 bridgehead atoms. The fourth-order valence-corrected chi connectivity index (χ4v) is 2.34. The number of alkyl halides is 1. The van der Waals surface area contributed by atoms with Gasteiger partial charge in [0.15, 0.2) is 0 Å². The van der Waals surface area contributed by atoms with Crippen molar-refractivity contribution in [3.63, 3.8) is 0 Å². The van der Waals surface area contributed by atoms with Crippen molar-refractivity contribution in [3.05, 3.63) is 4.91 Å². The number of carbonyl (C=O) groups is 1. The Morgan fingerprint density at radius 1 is 1.40 bits per heavy atom. The molecule has 0 aromatic carbocycles. The smallest absolute Gasteiger partial charge is 0.320 e. The second-order valence-electron chi connectivity index (χ2n) is 3.88. The van der Waals surface area contributed by atoms with Crippen molar-refractivity contribution in [1.82, 2.24) is 10.7 Å². The van der Waals surface area contributed by atoms with Gasteiger partial charge in [0.25, 0.3) is 0 Å². The molecule has 0 radical (unpaired) electrons. The van der Waals surface area contributed by atoms with Crippen molar-refractivity contribution in [2.45, 2.75) is 44.0 Å². The molecule has 15 heavy (non-hydrogen) atoms. The maximum atomic E-state index is 10.9. The number of nitrogens with zero attached hydrogens (tertiary/aromatic N) is 1. The van der Waals surface area contributed by atoms with Gasteiger partial charge < -0.3 is 5.32 Å². The lowest BCUT2D eigenvalue weighted by molar-refractivity contribution is 0.237. The van der Waals surface area contributed by atoms with E-state index >= 15 is 0 Å². The second-order valence-corrected chi connectivity index (χ2v) is 4.41. The molecule has 1 saturated carbocycles. The van der Waals surface area contributed by atoms with Crippen molar-refractivity contribution < 1.29 is 4.79 Å². The first-order valence-electron chi connectivity index (χ1n) is 5.25. The van der Waals surface area contributed by atoms with Crippen LogP contribution in [-0.2, 0) is 0 Å². The summed E-state index contributed by atoms with van der Waals surface area (Å²) < 4.78 is 0. The van der Waals surface area contributed by atoms with E-state index in [0.717, 1.165) is 6.42 Å². The molecular weight excluding hydrogens is 218 g/mol. The third kappa shape index (κ3) is 4.97. The van der Waals surface area contributed by atoms with Gasteiger partial charge in [0, 0.05) is 0 Å². The zero-order valence-electron chi connectivity index (χ0n) is 8.54. The monoisotopic (exact) mass is 233 g/mol. The highest BCUT2D eigenvalue weighted by atomic mass is 35.5. The van der Waals surface area contributed by atoms with Gasteiger partial charge in [-0.05, 0) is 12.3 Å². The largest absolute Gasteiger partial charge is 0.338 e. The molecule has 6 heteroatoms. The molecule has 1 rings (SSSR count). The highest BCUT2D eigenvalue weighted by Gasteiger charge is 2.18. The normalized spacial score (nSPS) is 19.3. The molecule has 1 atom stereocenters.